The van der Waals surface area contributed by atoms with E-state index in [0.29, 0.717) is 11.1 Å². The van der Waals surface area contributed by atoms with Crippen molar-refractivity contribution in [2.24, 2.45) is 5.73 Å². The summed E-state index contributed by atoms with van der Waals surface area (Å²) in [5.41, 5.74) is 8.32. The van der Waals surface area contributed by atoms with Crippen LogP contribution in [0.15, 0.2) is 42.9 Å². The standard InChI is InChI=1S/C15H10N4OS/c16-15(20)12-13-11(2-1-4-18-13)21-14(12)9-6-8-3-5-17-10(8)7-19-9/h1-7,17H,(H2,16,20). The molecule has 6 heteroatoms. The van der Waals surface area contributed by atoms with Gasteiger partial charge in [-0.05, 0) is 24.3 Å². The lowest BCUT2D eigenvalue weighted by atomic mass is 10.1. The van der Waals surface area contributed by atoms with E-state index in [2.05, 4.69) is 15.0 Å². The minimum absolute atomic E-state index is 0.443. The van der Waals surface area contributed by atoms with Crippen molar-refractivity contribution in [3.8, 4) is 10.6 Å². The molecule has 5 nitrogen and oxygen atoms in total. The van der Waals surface area contributed by atoms with E-state index in [1.165, 1.54) is 11.3 Å². The molecule has 0 radical (unpaired) electrons. The number of aromatic amines is 1. The lowest BCUT2D eigenvalue weighted by Gasteiger charge is -2.00. The lowest BCUT2D eigenvalue weighted by molar-refractivity contribution is 0.100. The van der Waals surface area contributed by atoms with Crippen LogP contribution in [0.2, 0.25) is 0 Å². The van der Waals surface area contributed by atoms with Gasteiger partial charge in [-0.25, -0.2) is 0 Å². The molecule has 102 valence electrons. The first-order chi connectivity index (χ1) is 10.2. The molecular formula is C15H10N4OS. The lowest BCUT2D eigenvalue weighted by Crippen LogP contribution is -2.11. The molecule has 4 aromatic rings. The van der Waals surface area contributed by atoms with Crippen LogP contribution in [0.1, 0.15) is 10.4 Å². The molecule has 0 saturated carbocycles. The number of nitrogens with one attached hydrogen (secondary N) is 1. The van der Waals surface area contributed by atoms with Gasteiger partial charge in [0.25, 0.3) is 5.91 Å². The van der Waals surface area contributed by atoms with Gasteiger partial charge in [0.05, 0.1) is 38.1 Å². The second-order valence-electron chi connectivity index (χ2n) is 4.66. The normalized spacial score (nSPS) is 11.2. The van der Waals surface area contributed by atoms with Gasteiger partial charge in [-0.3, -0.25) is 14.8 Å². The number of fused-ring (bicyclic) bond motifs is 2. The Kier molecular flexibility index (Phi) is 2.52. The van der Waals surface area contributed by atoms with E-state index in [9.17, 15) is 4.79 Å². The Labute approximate surface area is 123 Å². The van der Waals surface area contributed by atoms with Crippen molar-refractivity contribution >= 4 is 38.4 Å². The Balaban J connectivity index is 2.04. The zero-order valence-corrected chi connectivity index (χ0v) is 11.6. The Morgan fingerprint density at radius 1 is 1.29 bits per heavy atom. The van der Waals surface area contributed by atoms with Crippen LogP contribution >= 0.6 is 11.3 Å². The Morgan fingerprint density at radius 3 is 3.05 bits per heavy atom. The minimum atomic E-state index is -0.481. The summed E-state index contributed by atoms with van der Waals surface area (Å²) in [5, 5.41) is 1.04. The maximum Gasteiger partial charge on any atom is 0.252 e. The highest BCUT2D eigenvalue weighted by Crippen LogP contribution is 2.37. The highest BCUT2D eigenvalue weighted by molar-refractivity contribution is 7.22. The molecule has 0 atom stereocenters. The quantitative estimate of drug-likeness (QED) is 0.596. The third kappa shape index (κ3) is 1.80. The predicted molar refractivity (Wildman–Crippen MR) is 83.2 cm³/mol. The molecule has 0 aliphatic carbocycles. The van der Waals surface area contributed by atoms with Gasteiger partial charge >= 0.3 is 0 Å². The molecule has 0 aliphatic rings. The molecule has 4 heterocycles. The van der Waals surface area contributed by atoms with Crippen LogP contribution in [0.4, 0.5) is 0 Å². The number of rotatable bonds is 2. The number of hydrogen-bond donors (Lipinski definition) is 2. The van der Waals surface area contributed by atoms with Crippen LogP contribution < -0.4 is 5.73 Å². The molecule has 3 N–H and O–H groups in total. The fourth-order valence-electron chi connectivity index (χ4n) is 2.41. The Hall–Kier alpha value is -2.73. The zero-order chi connectivity index (χ0) is 14.4. The highest BCUT2D eigenvalue weighted by atomic mass is 32.1. The van der Waals surface area contributed by atoms with E-state index in [-0.39, 0.29) is 0 Å². The van der Waals surface area contributed by atoms with Crippen molar-refractivity contribution in [1.29, 1.82) is 0 Å². The van der Waals surface area contributed by atoms with E-state index in [1.54, 1.807) is 12.4 Å². The van der Waals surface area contributed by atoms with E-state index < -0.39 is 5.91 Å². The zero-order valence-electron chi connectivity index (χ0n) is 10.8. The molecule has 0 saturated heterocycles. The molecule has 21 heavy (non-hydrogen) atoms. The van der Waals surface area contributed by atoms with Gasteiger partial charge in [-0.2, -0.15) is 0 Å². The summed E-state index contributed by atoms with van der Waals surface area (Å²) in [6.07, 6.45) is 5.28. The smallest absolute Gasteiger partial charge is 0.252 e. The highest BCUT2D eigenvalue weighted by Gasteiger charge is 2.20. The van der Waals surface area contributed by atoms with Gasteiger partial charge in [-0.15, -0.1) is 11.3 Å². The SMILES string of the molecule is NC(=O)c1c(-c2cc3cc[nH]c3cn2)sc2cccnc12. The number of nitrogens with zero attached hydrogens (tertiary/aromatic N) is 2. The van der Waals surface area contributed by atoms with Crippen molar-refractivity contribution < 1.29 is 4.79 Å². The Morgan fingerprint density at radius 2 is 2.19 bits per heavy atom. The number of aromatic nitrogens is 3. The molecule has 0 fully saturated rings. The van der Waals surface area contributed by atoms with E-state index in [0.717, 1.165) is 26.2 Å². The van der Waals surface area contributed by atoms with Gasteiger partial charge in [0.1, 0.15) is 0 Å². The number of hydrogen-bond acceptors (Lipinski definition) is 4. The summed E-state index contributed by atoms with van der Waals surface area (Å²) in [4.78, 5) is 24.4. The fraction of sp³-hybridized carbons (Fsp3) is 0. The number of H-pyrrole nitrogens is 1. The maximum absolute atomic E-state index is 11.8. The monoisotopic (exact) mass is 294 g/mol. The van der Waals surface area contributed by atoms with Crippen LogP contribution in [0.25, 0.3) is 31.7 Å². The summed E-state index contributed by atoms with van der Waals surface area (Å²) in [5.74, 6) is -0.481. The van der Waals surface area contributed by atoms with Crippen LogP contribution in [0.5, 0.6) is 0 Å². The predicted octanol–water partition coefficient (Wildman–Crippen LogP) is 2.94. The maximum atomic E-state index is 11.8. The molecule has 4 rings (SSSR count). The van der Waals surface area contributed by atoms with Crippen molar-refractivity contribution in [2.75, 3.05) is 0 Å². The number of carbonyl (C=O) groups is 1. The minimum Gasteiger partial charge on any atom is -0.365 e. The third-order valence-electron chi connectivity index (χ3n) is 3.36. The average Bonchev–Trinajstić information content (AvgIpc) is 3.10. The molecule has 0 spiro atoms. The number of pyridine rings is 2. The van der Waals surface area contributed by atoms with Gasteiger partial charge < -0.3 is 10.7 Å². The van der Waals surface area contributed by atoms with Crippen LogP contribution in [-0.2, 0) is 0 Å². The topological polar surface area (TPSA) is 84.7 Å². The van der Waals surface area contributed by atoms with Crippen molar-refractivity contribution in [3.05, 3.63) is 48.4 Å². The first kappa shape index (κ1) is 12.0. The number of carbonyl (C=O) groups excluding carboxylic acids is 1. The molecular weight excluding hydrogens is 284 g/mol. The molecule has 0 aliphatic heterocycles. The summed E-state index contributed by atoms with van der Waals surface area (Å²) in [6.45, 7) is 0. The van der Waals surface area contributed by atoms with Gasteiger partial charge in [0, 0.05) is 17.8 Å². The van der Waals surface area contributed by atoms with Crippen LogP contribution in [-0.4, -0.2) is 20.9 Å². The largest absolute Gasteiger partial charge is 0.365 e. The summed E-state index contributed by atoms with van der Waals surface area (Å²) >= 11 is 1.48. The van der Waals surface area contributed by atoms with Crippen LogP contribution in [0.3, 0.4) is 0 Å². The van der Waals surface area contributed by atoms with Crippen molar-refractivity contribution in [1.82, 2.24) is 15.0 Å². The molecule has 0 bridgehead atoms. The van der Waals surface area contributed by atoms with Gasteiger partial charge in [0.2, 0.25) is 0 Å². The second kappa shape index (κ2) is 4.39. The van der Waals surface area contributed by atoms with Crippen molar-refractivity contribution in [3.63, 3.8) is 0 Å². The first-order valence-corrected chi connectivity index (χ1v) is 7.16. The molecule has 0 unspecified atom stereocenters. The first-order valence-electron chi connectivity index (χ1n) is 6.35. The summed E-state index contributed by atoms with van der Waals surface area (Å²) < 4.78 is 0.928. The van der Waals surface area contributed by atoms with E-state index in [1.807, 2.05) is 30.5 Å². The molecule has 0 aromatic carbocycles. The summed E-state index contributed by atoms with van der Waals surface area (Å²) in [7, 11) is 0. The number of nitrogens with two attached hydrogens (primary N) is 1. The van der Waals surface area contributed by atoms with Crippen LogP contribution in [0, 0.1) is 0 Å². The van der Waals surface area contributed by atoms with E-state index in [4.69, 9.17) is 5.73 Å². The van der Waals surface area contributed by atoms with Gasteiger partial charge in [-0.1, -0.05) is 0 Å². The number of primary amides is 1. The van der Waals surface area contributed by atoms with E-state index >= 15 is 0 Å². The second-order valence-corrected chi connectivity index (χ2v) is 5.71. The van der Waals surface area contributed by atoms with Crippen molar-refractivity contribution in [2.45, 2.75) is 0 Å². The average molecular weight is 294 g/mol. The number of amides is 1. The Bertz CT molecular complexity index is 986. The summed E-state index contributed by atoms with van der Waals surface area (Å²) in [6, 6.07) is 7.69. The van der Waals surface area contributed by atoms with Gasteiger partial charge in [0.15, 0.2) is 0 Å². The fourth-order valence-corrected chi connectivity index (χ4v) is 3.55. The molecule has 4 aromatic heterocycles. The number of thiophene rings is 1. The third-order valence-corrected chi connectivity index (χ3v) is 4.53. The molecule has 1 amide bonds.